The zero-order valence-corrected chi connectivity index (χ0v) is 14.2. The Hall–Kier alpha value is -3.00. The average Bonchev–Trinajstić information content (AvgIpc) is 3.10. The van der Waals surface area contributed by atoms with Gasteiger partial charge in [-0.3, -0.25) is 19.7 Å². The highest BCUT2D eigenvalue weighted by Crippen LogP contribution is 2.19. The van der Waals surface area contributed by atoms with Crippen LogP contribution in [-0.2, 0) is 4.79 Å². The fourth-order valence-electron chi connectivity index (χ4n) is 2.09. The molecule has 0 spiro atoms. The van der Waals surface area contributed by atoms with Gasteiger partial charge in [0.2, 0.25) is 11.1 Å². The molecule has 0 aliphatic carbocycles. The smallest absolute Gasteiger partial charge is 0.234 e. The number of hydrogen-bond acceptors (Lipinski definition) is 6. The number of rotatable bonds is 6. The standard InChI is InChI=1S/C17H15N5O2S/c1-11(23)12-4-2-6-14(8-12)19-15(24)10-25-17-20-16(21-22-17)13-5-3-7-18-9-13/h2-9H,10H2,1H3,(H,19,24)(H,20,21,22). The van der Waals surface area contributed by atoms with Crippen LogP contribution in [0.1, 0.15) is 17.3 Å². The van der Waals surface area contributed by atoms with Gasteiger partial charge in [0, 0.05) is 29.2 Å². The van der Waals surface area contributed by atoms with Crippen molar-refractivity contribution < 1.29 is 9.59 Å². The van der Waals surface area contributed by atoms with E-state index in [-0.39, 0.29) is 17.4 Å². The molecule has 0 bridgehead atoms. The number of aromatic nitrogens is 4. The summed E-state index contributed by atoms with van der Waals surface area (Å²) in [6.45, 7) is 1.49. The fourth-order valence-corrected chi connectivity index (χ4v) is 2.68. The monoisotopic (exact) mass is 353 g/mol. The normalized spacial score (nSPS) is 10.4. The Bertz CT molecular complexity index is 895. The number of carbonyl (C=O) groups is 2. The van der Waals surface area contributed by atoms with Crippen LogP contribution in [0.25, 0.3) is 11.4 Å². The van der Waals surface area contributed by atoms with Crippen LogP contribution in [-0.4, -0.2) is 37.6 Å². The number of pyridine rings is 1. The predicted molar refractivity (Wildman–Crippen MR) is 95.4 cm³/mol. The molecular weight excluding hydrogens is 338 g/mol. The molecule has 1 amide bonds. The zero-order valence-electron chi connectivity index (χ0n) is 13.4. The van der Waals surface area contributed by atoms with Crippen LogP contribution >= 0.6 is 11.8 Å². The van der Waals surface area contributed by atoms with Crippen LogP contribution in [0.4, 0.5) is 5.69 Å². The van der Waals surface area contributed by atoms with Crippen LogP contribution < -0.4 is 5.32 Å². The minimum Gasteiger partial charge on any atom is -0.325 e. The number of benzene rings is 1. The summed E-state index contributed by atoms with van der Waals surface area (Å²) in [5, 5.41) is 10.1. The summed E-state index contributed by atoms with van der Waals surface area (Å²) in [6, 6.07) is 10.5. The maximum Gasteiger partial charge on any atom is 0.234 e. The second-order valence-electron chi connectivity index (χ2n) is 5.18. The summed E-state index contributed by atoms with van der Waals surface area (Å²) in [5.74, 6) is 0.520. The molecule has 3 aromatic rings. The molecule has 0 aliphatic heterocycles. The Morgan fingerprint density at radius 3 is 2.88 bits per heavy atom. The second-order valence-corrected chi connectivity index (χ2v) is 6.12. The van der Waals surface area contributed by atoms with Crippen LogP contribution in [0, 0.1) is 0 Å². The van der Waals surface area contributed by atoms with Gasteiger partial charge in [0.15, 0.2) is 11.6 Å². The Balaban J connectivity index is 1.57. The van der Waals surface area contributed by atoms with E-state index in [9.17, 15) is 9.59 Å². The lowest BCUT2D eigenvalue weighted by molar-refractivity contribution is -0.113. The molecule has 0 fully saturated rings. The van der Waals surface area contributed by atoms with Gasteiger partial charge in [-0.05, 0) is 31.2 Å². The molecule has 25 heavy (non-hydrogen) atoms. The zero-order chi connectivity index (χ0) is 17.6. The SMILES string of the molecule is CC(=O)c1cccc(NC(=O)CSc2n[nH]c(-c3cccnc3)n2)c1. The molecule has 0 aliphatic rings. The van der Waals surface area contributed by atoms with E-state index in [4.69, 9.17) is 0 Å². The first-order chi connectivity index (χ1) is 12.1. The number of thioether (sulfide) groups is 1. The number of hydrogen-bond donors (Lipinski definition) is 2. The van der Waals surface area contributed by atoms with Crippen molar-refractivity contribution in [3.05, 3.63) is 54.4 Å². The molecule has 3 rings (SSSR count). The van der Waals surface area contributed by atoms with E-state index < -0.39 is 0 Å². The average molecular weight is 353 g/mol. The summed E-state index contributed by atoms with van der Waals surface area (Å²) < 4.78 is 0. The molecule has 8 heteroatoms. The number of ketones is 1. The third kappa shape index (κ3) is 4.51. The van der Waals surface area contributed by atoms with Crippen molar-refractivity contribution in [1.82, 2.24) is 20.2 Å². The second kappa shape index (κ2) is 7.71. The van der Waals surface area contributed by atoms with Crippen molar-refractivity contribution in [2.45, 2.75) is 12.1 Å². The highest BCUT2D eigenvalue weighted by molar-refractivity contribution is 7.99. The van der Waals surface area contributed by atoms with Gasteiger partial charge in [-0.2, -0.15) is 0 Å². The number of H-pyrrole nitrogens is 1. The summed E-state index contributed by atoms with van der Waals surface area (Å²) >= 11 is 1.22. The molecule has 0 radical (unpaired) electrons. The maximum atomic E-state index is 12.1. The molecule has 0 saturated heterocycles. The predicted octanol–water partition coefficient (Wildman–Crippen LogP) is 2.80. The number of carbonyl (C=O) groups excluding carboxylic acids is 2. The summed E-state index contributed by atoms with van der Waals surface area (Å²) in [5.41, 5.74) is 1.97. The molecule has 1 aromatic carbocycles. The third-order valence-corrected chi connectivity index (χ3v) is 4.13. The number of nitrogens with zero attached hydrogens (tertiary/aromatic N) is 3. The molecule has 0 atom stereocenters. The molecule has 2 aromatic heterocycles. The van der Waals surface area contributed by atoms with Gasteiger partial charge in [-0.1, -0.05) is 23.9 Å². The Morgan fingerprint density at radius 1 is 1.24 bits per heavy atom. The largest absolute Gasteiger partial charge is 0.325 e. The quantitative estimate of drug-likeness (QED) is 0.522. The van der Waals surface area contributed by atoms with Crippen LogP contribution in [0.2, 0.25) is 0 Å². The van der Waals surface area contributed by atoms with Gasteiger partial charge in [0.05, 0.1) is 5.75 Å². The highest BCUT2D eigenvalue weighted by atomic mass is 32.2. The molecule has 2 heterocycles. The highest BCUT2D eigenvalue weighted by Gasteiger charge is 2.10. The van der Waals surface area contributed by atoms with Crippen molar-refractivity contribution in [1.29, 1.82) is 0 Å². The molecular formula is C17H15N5O2S. The van der Waals surface area contributed by atoms with Gasteiger partial charge in [-0.25, -0.2) is 4.98 Å². The van der Waals surface area contributed by atoms with E-state index in [1.807, 2.05) is 12.1 Å². The van der Waals surface area contributed by atoms with E-state index in [0.29, 0.717) is 22.2 Å². The van der Waals surface area contributed by atoms with Crippen LogP contribution in [0.5, 0.6) is 0 Å². The first-order valence-electron chi connectivity index (χ1n) is 7.48. The third-order valence-electron chi connectivity index (χ3n) is 3.29. The van der Waals surface area contributed by atoms with Gasteiger partial charge < -0.3 is 5.32 Å². The van der Waals surface area contributed by atoms with Crippen molar-refractivity contribution in [2.24, 2.45) is 0 Å². The lowest BCUT2D eigenvalue weighted by Gasteiger charge is -2.05. The lowest BCUT2D eigenvalue weighted by atomic mass is 10.1. The molecule has 7 nitrogen and oxygen atoms in total. The number of Topliss-reactive ketones (excluding diaryl/α,β-unsaturated/α-hetero) is 1. The van der Waals surface area contributed by atoms with Crippen LogP contribution in [0.3, 0.4) is 0 Å². The van der Waals surface area contributed by atoms with E-state index in [2.05, 4.69) is 25.5 Å². The van der Waals surface area contributed by atoms with Gasteiger partial charge in [-0.15, -0.1) is 5.10 Å². The van der Waals surface area contributed by atoms with Gasteiger partial charge in [0.1, 0.15) is 0 Å². The topological polar surface area (TPSA) is 101 Å². The Labute approximate surface area is 148 Å². The Kier molecular flexibility index (Phi) is 5.20. The minimum atomic E-state index is -0.196. The summed E-state index contributed by atoms with van der Waals surface area (Å²) in [6.07, 6.45) is 3.37. The number of nitrogens with one attached hydrogen (secondary N) is 2. The van der Waals surface area contributed by atoms with Crippen molar-refractivity contribution >= 4 is 29.1 Å². The van der Waals surface area contributed by atoms with Crippen molar-refractivity contribution in [2.75, 3.05) is 11.1 Å². The first kappa shape index (κ1) is 16.8. The van der Waals surface area contributed by atoms with E-state index in [0.717, 1.165) is 5.56 Å². The first-order valence-corrected chi connectivity index (χ1v) is 8.47. The fraction of sp³-hybridized carbons (Fsp3) is 0.118. The molecule has 0 saturated carbocycles. The van der Waals surface area contributed by atoms with Gasteiger partial charge >= 0.3 is 0 Å². The maximum absolute atomic E-state index is 12.1. The molecule has 2 N–H and O–H groups in total. The van der Waals surface area contributed by atoms with Crippen LogP contribution in [0.15, 0.2) is 53.9 Å². The van der Waals surface area contributed by atoms with E-state index in [1.165, 1.54) is 18.7 Å². The van der Waals surface area contributed by atoms with Crippen molar-refractivity contribution in [3.63, 3.8) is 0 Å². The number of aromatic amines is 1. The van der Waals surface area contributed by atoms with E-state index in [1.54, 1.807) is 36.7 Å². The number of anilines is 1. The molecule has 0 unspecified atom stereocenters. The lowest BCUT2D eigenvalue weighted by Crippen LogP contribution is -2.14. The number of amides is 1. The van der Waals surface area contributed by atoms with E-state index >= 15 is 0 Å². The molecule has 126 valence electrons. The van der Waals surface area contributed by atoms with Crippen molar-refractivity contribution in [3.8, 4) is 11.4 Å². The minimum absolute atomic E-state index is 0.0471. The summed E-state index contributed by atoms with van der Waals surface area (Å²) in [7, 11) is 0. The Morgan fingerprint density at radius 2 is 2.12 bits per heavy atom. The van der Waals surface area contributed by atoms with Gasteiger partial charge in [0.25, 0.3) is 0 Å². The summed E-state index contributed by atoms with van der Waals surface area (Å²) in [4.78, 5) is 31.8.